The number of amides is 1. The second kappa shape index (κ2) is 8.58. The zero-order valence-corrected chi connectivity index (χ0v) is 18.8. The van der Waals surface area contributed by atoms with Crippen molar-refractivity contribution in [2.75, 3.05) is 7.11 Å². The molecule has 7 heteroatoms. The monoisotopic (exact) mass is 529 g/mol. The fourth-order valence-corrected chi connectivity index (χ4v) is 4.73. The molecule has 0 bridgehead atoms. The molecule has 3 aromatic rings. The Labute approximate surface area is 193 Å². The van der Waals surface area contributed by atoms with Crippen molar-refractivity contribution in [3.8, 4) is 16.9 Å². The lowest BCUT2D eigenvalue weighted by Gasteiger charge is -2.34. The molecule has 1 amide bonds. The number of rotatable bonds is 5. The van der Waals surface area contributed by atoms with Gasteiger partial charge in [0, 0.05) is 6.42 Å². The van der Waals surface area contributed by atoms with Crippen LogP contribution < -0.4 is 0 Å². The minimum atomic E-state index is -1.17. The number of aromatic hydroxyl groups is 1. The van der Waals surface area contributed by atoms with E-state index in [1.807, 2.05) is 71.1 Å². The van der Waals surface area contributed by atoms with Gasteiger partial charge in [0.2, 0.25) is 0 Å². The van der Waals surface area contributed by atoms with Crippen LogP contribution in [-0.2, 0) is 16.0 Å². The molecule has 0 heterocycles. The van der Waals surface area contributed by atoms with Gasteiger partial charge in [-0.05, 0) is 62.5 Å². The number of nitrogens with zero attached hydrogens (tertiary/aromatic N) is 1. The van der Waals surface area contributed by atoms with E-state index in [0.717, 1.165) is 22.3 Å². The maximum absolute atomic E-state index is 13.0. The molecule has 0 spiro atoms. The molecular formula is C24H20INO5. The van der Waals surface area contributed by atoms with Crippen LogP contribution in [-0.4, -0.2) is 40.3 Å². The smallest absolute Gasteiger partial charge is 0.411 e. The van der Waals surface area contributed by atoms with Gasteiger partial charge in [0.15, 0.2) is 0 Å². The predicted octanol–water partition coefficient (Wildman–Crippen LogP) is 4.83. The van der Waals surface area contributed by atoms with Gasteiger partial charge < -0.3 is 14.9 Å². The molecule has 0 aliphatic heterocycles. The molecule has 0 aromatic heterocycles. The van der Waals surface area contributed by atoms with Gasteiger partial charge in [0.25, 0.3) is 0 Å². The maximum atomic E-state index is 13.0. The SMILES string of the molecule is COC(=O)N(C(Cc1ccc(O)c(I)c1)C(=O)O)C1c2ccccc2-c2ccccc21. The lowest BCUT2D eigenvalue weighted by atomic mass is 9.98. The first-order chi connectivity index (χ1) is 14.9. The van der Waals surface area contributed by atoms with Gasteiger partial charge in [-0.3, -0.25) is 4.90 Å². The summed E-state index contributed by atoms with van der Waals surface area (Å²) in [5, 5.41) is 19.9. The van der Waals surface area contributed by atoms with Gasteiger partial charge in [-0.2, -0.15) is 0 Å². The summed E-state index contributed by atoms with van der Waals surface area (Å²) < 4.78 is 5.66. The Balaban J connectivity index is 1.83. The van der Waals surface area contributed by atoms with Gasteiger partial charge in [0.05, 0.1) is 16.7 Å². The first-order valence-electron chi connectivity index (χ1n) is 9.67. The molecule has 3 aromatic carbocycles. The van der Waals surface area contributed by atoms with Gasteiger partial charge in [-0.25, -0.2) is 9.59 Å². The lowest BCUT2D eigenvalue weighted by molar-refractivity contribution is -0.143. The second-order valence-electron chi connectivity index (χ2n) is 7.30. The fourth-order valence-electron chi connectivity index (χ4n) is 4.15. The number of carboxylic acid groups (broad SMARTS) is 1. The molecule has 4 rings (SSSR count). The minimum absolute atomic E-state index is 0.0710. The van der Waals surface area contributed by atoms with Crippen LogP contribution in [0.3, 0.4) is 0 Å². The highest BCUT2D eigenvalue weighted by atomic mass is 127. The third kappa shape index (κ3) is 3.85. The first-order valence-corrected chi connectivity index (χ1v) is 10.7. The van der Waals surface area contributed by atoms with E-state index in [1.54, 1.807) is 12.1 Å². The molecular weight excluding hydrogens is 509 g/mol. The van der Waals surface area contributed by atoms with Crippen LogP contribution in [0.5, 0.6) is 5.75 Å². The van der Waals surface area contributed by atoms with Gasteiger partial charge in [0.1, 0.15) is 11.8 Å². The summed E-state index contributed by atoms with van der Waals surface area (Å²) in [5.41, 5.74) is 4.37. The summed E-state index contributed by atoms with van der Waals surface area (Å²) in [4.78, 5) is 26.7. The van der Waals surface area contributed by atoms with Crippen LogP contribution in [0, 0.1) is 3.57 Å². The molecule has 0 radical (unpaired) electrons. The van der Waals surface area contributed by atoms with E-state index in [1.165, 1.54) is 18.1 Å². The number of halogens is 1. The molecule has 1 aliphatic carbocycles. The summed E-state index contributed by atoms with van der Waals surface area (Å²) in [6.07, 6.45) is -0.640. The van der Waals surface area contributed by atoms with Crippen molar-refractivity contribution in [3.63, 3.8) is 0 Å². The number of methoxy groups -OCH3 is 1. The summed E-state index contributed by atoms with van der Waals surface area (Å²) in [6.45, 7) is 0. The van der Waals surface area contributed by atoms with Crippen molar-refractivity contribution in [2.24, 2.45) is 0 Å². The minimum Gasteiger partial charge on any atom is -0.507 e. The summed E-state index contributed by atoms with van der Waals surface area (Å²) in [6, 6.07) is 18.5. The van der Waals surface area contributed by atoms with E-state index < -0.39 is 24.1 Å². The van der Waals surface area contributed by atoms with Crippen molar-refractivity contribution < 1.29 is 24.5 Å². The third-order valence-electron chi connectivity index (χ3n) is 5.53. The molecule has 0 fully saturated rings. The van der Waals surface area contributed by atoms with Crippen molar-refractivity contribution in [1.29, 1.82) is 0 Å². The van der Waals surface area contributed by atoms with Crippen LogP contribution in [0.1, 0.15) is 22.7 Å². The molecule has 158 valence electrons. The number of ether oxygens (including phenoxy) is 1. The van der Waals surface area contributed by atoms with Crippen molar-refractivity contribution in [2.45, 2.75) is 18.5 Å². The fraction of sp³-hybridized carbons (Fsp3) is 0.167. The average Bonchev–Trinajstić information content (AvgIpc) is 3.10. The predicted molar refractivity (Wildman–Crippen MR) is 124 cm³/mol. The summed E-state index contributed by atoms with van der Waals surface area (Å²) in [7, 11) is 1.25. The topological polar surface area (TPSA) is 87.1 Å². The Morgan fingerprint density at radius 2 is 1.61 bits per heavy atom. The van der Waals surface area contributed by atoms with Crippen LogP contribution >= 0.6 is 22.6 Å². The third-order valence-corrected chi connectivity index (χ3v) is 6.39. The molecule has 0 saturated carbocycles. The highest BCUT2D eigenvalue weighted by Gasteiger charge is 2.42. The van der Waals surface area contributed by atoms with E-state index in [-0.39, 0.29) is 12.2 Å². The number of aliphatic carboxylic acids is 1. The van der Waals surface area contributed by atoms with E-state index in [0.29, 0.717) is 9.13 Å². The largest absolute Gasteiger partial charge is 0.507 e. The Morgan fingerprint density at radius 1 is 1.03 bits per heavy atom. The van der Waals surface area contributed by atoms with Crippen LogP contribution in [0.15, 0.2) is 66.7 Å². The molecule has 1 atom stereocenters. The Kier molecular flexibility index (Phi) is 5.86. The number of phenolic OH excluding ortho intramolecular Hbond substituents is 1. The van der Waals surface area contributed by atoms with Gasteiger partial charge in [-0.1, -0.05) is 54.6 Å². The maximum Gasteiger partial charge on any atom is 0.411 e. The molecule has 0 saturated heterocycles. The molecule has 1 unspecified atom stereocenters. The Bertz CT molecular complexity index is 1120. The lowest BCUT2D eigenvalue weighted by Crippen LogP contribution is -2.48. The first kappa shape index (κ1) is 21.2. The van der Waals surface area contributed by atoms with Crippen molar-refractivity contribution >= 4 is 34.7 Å². The van der Waals surface area contributed by atoms with Crippen LogP contribution in [0.25, 0.3) is 11.1 Å². The molecule has 2 N–H and O–H groups in total. The Hall–Kier alpha value is -3.07. The number of carbonyl (C=O) groups is 2. The number of phenols is 1. The molecule has 6 nitrogen and oxygen atoms in total. The van der Waals surface area contributed by atoms with E-state index >= 15 is 0 Å². The number of carbonyl (C=O) groups excluding carboxylic acids is 1. The highest BCUT2D eigenvalue weighted by molar-refractivity contribution is 14.1. The zero-order chi connectivity index (χ0) is 22.1. The van der Waals surface area contributed by atoms with Gasteiger partial charge >= 0.3 is 12.1 Å². The van der Waals surface area contributed by atoms with Crippen molar-refractivity contribution in [3.05, 3.63) is 87.0 Å². The zero-order valence-electron chi connectivity index (χ0n) is 16.7. The van der Waals surface area contributed by atoms with Crippen LogP contribution in [0.2, 0.25) is 0 Å². The summed E-state index contributed by atoms with van der Waals surface area (Å²) in [5.74, 6) is -1.00. The highest BCUT2D eigenvalue weighted by Crippen LogP contribution is 2.47. The number of hydrogen-bond donors (Lipinski definition) is 2. The van der Waals surface area contributed by atoms with E-state index in [2.05, 4.69) is 0 Å². The number of carboxylic acids is 1. The van der Waals surface area contributed by atoms with E-state index in [9.17, 15) is 19.8 Å². The van der Waals surface area contributed by atoms with E-state index in [4.69, 9.17) is 4.74 Å². The van der Waals surface area contributed by atoms with Gasteiger partial charge in [-0.15, -0.1) is 0 Å². The number of fused-ring (bicyclic) bond motifs is 3. The standard InChI is InChI=1S/C24H20INO5/c1-31-24(30)26(20(23(28)29)13-14-10-11-21(27)19(25)12-14)22-17-8-4-2-6-15(17)16-7-3-5-9-18(16)22/h2-12,20,22,27H,13H2,1H3,(H,28,29). The molecule has 31 heavy (non-hydrogen) atoms. The summed E-state index contributed by atoms with van der Waals surface area (Å²) >= 11 is 1.99. The average molecular weight is 529 g/mol. The van der Waals surface area contributed by atoms with Crippen molar-refractivity contribution in [1.82, 2.24) is 4.90 Å². The second-order valence-corrected chi connectivity index (χ2v) is 8.46. The van der Waals surface area contributed by atoms with Crippen LogP contribution in [0.4, 0.5) is 4.79 Å². The molecule has 1 aliphatic rings. The Morgan fingerprint density at radius 3 is 2.13 bits per heavy atom. The number of hydrogen-bond acceptors (Lipinski definition) is 4. The number of benzene rings is 3. The quantitative estimate of drug-likeness (QED) is 0.463. The normalized spacial score (nSPS) is 13.2.